The van der Waals surface area contributed by atoms with E-state index in [1.807, 2.05) is 25.6 Å². The number of aryl methyl sites for hydroxylation is 2. The summed E-state index contributed by atoms with van der Waals surface area (Å²) in [7, 11) is 0. The Bertz CT molecular complexity index is 420. The molecule has 0 aliphatic carbocycles. The number of nitrogens with one attached hydrogen (secondary N) is 1. The molecule has 0 saturated carbocycles. The van der Waals surface area contributed by atoms with Crippen LogP contribution in [0.2, 0.25) is 0 Å². The van der Waals surface area contributed by atoms with Crippen LogP contribution in [0.25, 0.3) is 0 Å². The molecule has 1 fully saturated rings. The summed E-state index contributed by atoms with van der Waals surface area (Å²) in [4.78, 5) is 4.61. The Morgan fingerprint density at radius 2 is 2.28 bits per heavy atom. The first-order valence-electron chi connectivity index (χ1n) is 6.41. The predicted molar refractivity (Wildman–Crippen MR) is 76.0 cm³/mol. The SMILES string of the molecule is Cc1noc(C)c1CN=C1NC(CC(C)C)CS1. The van der Waals surface area contributed by atoms with Crippen molar-refractivity contribution >= 4 is 16.9 Å². The molecule has 100 valence electrons. The van der Waals surface area contributed by atoms with Crippen molar-refractivity contribution in [3.63, 3.8) is 0 Å². The average molecular weight is 267 g/mol. The lowest BCUT2D eigenvalue weighted by Crippen LogP contribution is -2.28. The molecule has 0 radical (unpaired) electrons. The molecule has 0 bridgehead atoms. The van der Waals surface area contributed by atoms with Crippen molar-refractivity contribution in [1.29, 1.82) is 0 Å². The van der Waals surface area contributed by atoms with Crippen LogP contribution in [0.1, 0.15) is 37.3 Å². The molecule has 1 atom stereocenters. The third kappa shape index (κ3) is 3.28. The van der Waals surface area contributed by atoms with Crippen LogP contribution >= 0.6 is 11.8 Å². The van der Waals surface area contributed by atoms with E-state index in [1.54, 1.807) is 0 Å². The quantitative estimate of drug-likeness (QED) is 0.911. The highest BCUT2D eigenvalue weighted by molar-refractivity contribution is 8.14. The molecule has 0 amide bonds. The van der Waals surface area contributed by atoms with Gasteiger partial charge in [-0.1, -0.05) is 30.8 Å². The summed E-state index contributed by atoms with van der Waals surface area (Å²) in [6, 6.07) is 0.568. The van der Waals surface area contributed by atoms with Gasteiger partial charge in [0.05, 0.1) is 12.2 Å². The summed E-state index contributed by atoms with van der Waals surface area (Å²) in [6.07, 6.45) is 1.21. The van der Waals surface area contributed by atoms with Gasteiger partial charge in [-0.15, -0.1) is 0 Å². The molecular formula is C13H21N3OS. The van der Waals surface area contributed by atoms with Crippen molar-refractivity contribution in [2.24, 2.45) is 10.9 Å². The zero-order chi connectivity index (χ0) is 13.1. The van der Waals surface area contributed by atoms with E-state index in [0.717, 1.165) is 33.9 Å². The Kier molecular flexibility index (Phi) is 4.32. The monoisotopic (exact) mass is 267 g/mol. The average Bonchev–Trinajstić information content (AvgIpc) is 2.84. The highest BCUT2D eigenvalue weighted by Crippen LogP contribution is 2.20. The summed E-state index contributed by atoms with van der Waals surface area (Å²) in [5, 5.41) is 8.49. The maximum Gasteiger partial charge on any atom is 0.157 e. The lowest BCUT2D eigenvalue weighted by molar-refractivity contribution is 0.392. The van der Waals surface area contributed by atoms with Crippen molar-refractivity contribution in [3.05, 3.63) is 17.0 Å². The van der Waals surface area contributed by atoms with E-state index in [9.17, 15) is 0 Å². The van der Waals surface area contributed by atoms with Gasteiger partial charge in [0.1, 0.15) is 5.76 Å². The Labute approximate surface area is 113 Å². The number of aliphatic imine (C=N–C) groups is 1. The summed E-state index contributed by atoms with van der Waals surface area (Å²) in [6.45, 7) is 9.07. The number of hydrogen-bond acceptors (Lipinski definition) is 4. The van der Waals surface area contributed by atoms with Crippen molar-refractivity contribution in [2.75, 3.05) is 5.75 Å². The van der Waals surface area contributed by atoms with Crippen LogP contribution in [-0.4, -0.2) is 22.1 Å². The van der Waals surface area contributed by atoms with Gasteiger partial charge in [-0.2, -0.15) is 0 Å². The summed E-state index contributed by atoms with van der Waals surface area (Å²) in [5.41, 5.74) is 2.05. The molecule has 4 nitrogen and oxygen atoms in total. The molecule has 2 rings (SSSR count). The number of rotatable bonds is 4. The molecule has 1 aromatic heterocycles. The van der Waals surface area contributed by atoms with Gasteiger partial charge < -0.3 is 9.84 Å². The van der Waals surface area contributed by atoms with E-state index >= 15 is 0 Å². The van der Waals surface area contributed by atoms with Crippen molar-refractivity contribution in [1.82, 2.24) is 10.5 Å². The summed E-state index contributed by atoms with van der Waals surface area (Å²) >= 11 is 1.81. The first kappa shape index (κ1) is 13.5. The van der Waals surface area contributed by atoms with E-state index in [4.69, 9.17) is 4.52 Å². The number of thioether (sulfide) groups is 1. The molecule has 0 spiro atoms. The topological polar surface area (TPSA) is 50.4 Å². The number of hydrogen-bond donors (Lipinski definition) is 1. The Balaban J connectivity index is 1.92. The van der Waals surface area contributed by atoms with Crippen LogP contribution in [0.3, 0.4) is 0 Å². The zero-order valence-electron chi connectivity index (χ0n) is 11.5. The lowest BCUT2D eigenvalue weighted by atomic mass is 10.1. The summed E-state index contributed by atoms with van der Waals surface area (Å²) in [5.74, 6) is 2.72. The van der Waals surface area contributed by atoms with Gasteiger partial charge in [-0.3, -0.25) is 4.99 Å². The van der Waals surface area contributed by atoms with E-state index in [0.29, 0.717) is 12.6 Å². The van der Waals surface area contributed by atoms with Crippen molar-refractivity contribution < 1.29 is 4.52 Å². The smallest absolute Gasteiger partial charge is 0.157 e. The van der Waals surface area contributed by atoms with Gasteiger partial charge in [0.25, 0.3) is 0 Å². The number of aromatic nitrogens is 1. The zero-order valence-corrected chi connectivity index (χ0v) is 12.3. The molecule has 1 aliphatic rings. The van der Waals surface area contributed by atoms with Gasteiger partial charge >= 0.3 is 0 Å². The van der Waals surface area contributed by atoms with E-state index in [2.05, 4.69) is 29.3 Å². The normalized spacial score (nSPS) is 21.8. The highest BCUT2D eigenvalue weighted by Gasteiger charge is 2.21. The second-order valence-electron chi connectivity index (χ2n) is 5.21. The van der Waals surface area contributed by atoms with Crippen LogP contribution in [-0.2, 0) is 6.54 Å². The molecule has 1 N–H and O–H groups in total. The molecule has 18 heavy (non-hydrogen) atoms. The van der Waals surface area contributed by atoms with E-state index in [1.165, 1.54) is 6.42 Å². The van der Waals surface area contributed by atoms with Gasteiger partial charge in [-0.05, 0) is 26.2 Å². The van der Waals surface area contributed by atoms with E-state index in [-0.39, 0.29) is 0 Å². The molecule has 2 heterocycles. The minimum atomic E-state index is 0.568. The Morgan fingerprint density at radius 3 is 2.89 bits per heavy atom. The largest absolute Gasteiger partial charge is 0.361 e. The highest BCUT2D eigenvalue weighted by atomic mass is 32.2. The standard InChI is InChI=1S/C13H21N3OS/c1-8(2)5-11-7-18-13(15-11)14-6-12-9(3)16-17-10(12)4/h8,11H,5-7H2,1-4H3,(H,14,15). The second-order valence-corrected chi connectivity index (χ2v) is 6.21. The van der Waals surface area contributed by atoms with Crippen LogP contribution < -0.4 is 5.32 Å². The fourth-order valence-electron chi connectivity index (χ4n) is 2.10. The maximum absolute atomic E-state index is 5.14. The van der Waals surface area contributed by atoms with Gasteiger partial charge in [0.2, 0.25) is 0 Å². The van der Waals surface area contributed by atoms with Crippen LogP contribution in [0, 0.1) is 19.8 Å². The number of nitrogens with zero attached hydrogens (tertiary/aromatic N) is 2. The van der Waals surface area contributed by atoms with Crippen molar-refractivity contribution in [2.45, 2.75) is 46.7 Å². The number of amidine groups is 1. The fraction of sp³-hybridized carbons (Fsp3) is 0.692. The third-order valence-corrected chi connectivity index (χ3v) is 4.16. The fourth-order valence-corrected chi connectivity index (χ4v) is 3.09. The van der Waals surface area contributed by atoms with Gasteiger partial charge in [-0.25, -0.2) is 0 Å². The van der Waals surface area contributed by atoms with Crippen LogP contribution in [0.5, 0.6) is 0 Å². The third-order valence-electron chi connectivity index (χ3n) is 3.07. The first-order chi connectivity index (χ1) is 8.56. The van der Waals surface area contributed by atoms with Crippen molar-refractivity contribution in [3.8, 4) is 0 Å². The van der Waals surface area contributed by atoms with E-state index < -0.39 is 0 Å². The van der Waals surface area contributed by atoms with Crippen LogP contribution in [0.4, 0.5) is 0 Å². The summed E-state index contributed by atoms with van der Waals surface area (Å²) < 4.78 is 5.14. The molecule has 1 aliphatic heterocycles. The maximum atomic E-state index is 5.14. The van der Waals surface area contributed by atoms with Gasteiger partial charge in [0.15, 0.2) is 5.17 Å². The molecule has 1 unspecified atom stereocenters. The molecule has 1 aromatic rings. The lowest BCUT2D eigenvalue weighted by Gasteiger charge is -2.11. The minimum absolute atomic E-state index is 0.568. The molecule has 0 aromatic carbocycles. The second kappa shape index (κ2) is 5.78. The first-order valence-corrected chi connectivity index (χ1v) is 7.40. The van der Waals surface area contributed by atoms with Crippen LogP contribution in [0.15, 0.2) is 9.52 Å². The Hall–Kier alpha value is -0.970. The Morgan fingerprint density at radius 1 is 1.50 bits per heavy atom. The van der Waals surface area contributed by atoms with Gasteiger partial charge in [0, 0.05) is 17.4 Å². The minimum Gasteiger partial charge on any atom is -0.361 e. The molecular weight excluding hydrogens is 246 g/mol. The molecule has 5 heteroatoms. The molecule has 1 saturated heterocycles. The predicted octanol–water partition coefficient (Wildman–Crippen LogP) is 2.90.